The monoisotopic (exact) mass is 320 g/mol. The Morgan fingerprint density at radius 3 is 2.96 bits per heavy atom. The van der Waals surface area contributed by atoms with E-state index < -0.39 is 0 Å². The Labute approximate surface area is 141 Å². The number of rotatable bonds is 2. The van der Waals surface area contributed by atoms with Gasteiger partial charge in [-0.1, -0.05) is 24.3 Å². The van der Waals surface area contributed by atoms with Crippen molar-refractivity contribution in [1.29, 1.82) is 0 Å². The number of ether oxygens (including phenoxy) is 1. The third-order valence-corrected chi connectivity index (χ3v) is 5.25. The predicted octanol–water partition coefficient (Wildman–Crippen LogP) is 4.00. The molecule has 1 N–H and O–H groups in total. The average Bonchev–Trinajstić information content (AvgIpc) is 3.11. The largest absolute Gasteiger partial charge is 0.465 e. The Balaban J connectivity index is 1.83. The first-order valence-corrected chi connectivity index (χ1v) is 8.25. The van der Waals surface area contributed by atoms with Gasteiger partial charge in [0.2, 0.25) is 0 Å². The number of hydrogen-bond donors (Lipinski definition) is 1. The number of nitrogens with one attached hydrogen (secondary N) is 1. The third kappa shape index (κ3) is 2.21. The van der Waals surface area contributed by atoms with Crippen molar-refractivity contribution < 1.29 is 9.53 Å². The standard InChI is InChI=1S/C20H20N2O2/c1-12-14(20(23)24-2)8-9-17-15-6-3-7-16(15)19(22-18(12)17)13-5-4-10-21-11-13/h3-6,8-11,15-16,19,22H,7H2,1-2H3/t15-,16-,19-/m1/s1. The summed E-state index contributed by atoms with van der Waals surface area (Å²) in [6, 6.07) is 8.23. The van der Waals surface area contributed by atoms with Crippen LogP contribution in [0.3, 0.4) is 0 Å². The topological polar surface area (TPSA) is 51.2 Å². The molecule has 1 aliphatic carbocycles. The lowest BCUT2D eigenvalue weighted by molar-refractivity contribution is 0.0600. The fourth-order valence-corrected chi connectivity index (χ4v) is 4.04. The summed E-state index contributed by atoms with van der Waals surface area (Å²) in [5, 5.41) is 3.68. The van der Waals surface area contributed by atoms with Gasteiger partial charge < -0.3 is 10.1 Å². The van der Waals surface area contributed by atoms with Crippen LogP contribution in [0.25, 0.3) is 0 Å². The highest BCUT2D eigenvalue weighted by Crippen LogP contribution is 2.50. The van der Waals surface area contributed by atoms with E-state index in [4.69, 9.17) is 4.74 Å². The normalized spacial score (nSPS) is 24.0. The van der Waals surface area contributed by atoms with Gasteiger partial charge in [0.25, 0.3) is 0 Å². The van der Waals surface area contributed by atoms with Crippen LogP contribution in [0.1, 0.15) is 45.4 Å². The number of pyridine rings is 1. The van der Waals surface area contributed by atoms with Crippen molar-refractivity contribution in [3.05, 3.63) is 71.1 Å². The van der Waals surface area contributed by atoms with E-state index in [1.54, 1.807) is 6.20 Å². The number of carbonyl (C=O) groups is 1. The summed E-state index contributed by atoms with van der Waals surface area (Å²) in [5.74, 6) is 0.557. The Kier molecular flexibility index (Phi) is 3.60. The summed E-state index contributed by atoms with van der Waals surface area (Å²) in [7, 11) is 1.42. The number of esters is 1. The van der Waals surface area contributed by atoms with E-state index in [9.17, 15) is 4.79 Å². The molecule has 1 aromatic carbocycles. The Bertz CT molecular complexity index is 814. The van der Waals surface area contributed by atoms with Gasteiger partial charge in [0.1, 0.15) is 0 Å². The maximum absolute atomic E-state index is 12.0. The Hall–Kier alpha value is -2.62. The summed E-state index contributed by atoms with van der Waals surface area (Å²) in [4.78, 5) is 16.3. The molecule has 3 atom stereocenters. The second-order valence-corrected chi connectivity index (χ2v) is 6.46. The maximum atomic E-state index is 12.0. The molecule has 4 heteroatoms. The number of fused-ring (bicyclic) bond motifs is 3. The highest BCUT2D eigenvalue weighted by atomic mass is 16.5. The lowest BCUT2D eigenvalue weighted by Gasteiger charge is -2.38. The van der Waals surface area contributed by atoms with Crippen molar-refractivity contribution in [2.24, 2.45) is 5.92 Å². The lowest BCUT2D eigenvalue weighted by atomic mass is 9.76. The quantitative estimate of drug-likeness (QED) is 0.671. The molecule has 2 aliphatic rings. The van der Waals surface area contributed by atoms with Crippen LogP contribution in [0, 0.1) is 12.8 Å². The van der Waals surface area contributed by atoms with E-state index in [0.717, 1.165) is 17.7 Å². The molecule has 24 heavy (non-hydrogen) atoms. The minimum Gasteiger partial charge on any atom is -0.465 e. The molecule has 2 heterocycles. The highest BCUT2D eigenvalue weighted by molar-refractivity contribution is 5.93. The third-order valence-electron chi connectivity index (χ3n) is 5.25. The number of carbonyl (C=O) groups excluding carboxylic acids is 1. The van der Waals surface area contributed by atoms with Crippen molar-refractivity contribution in [1.82, 2.24) is 4.98 Å². The molecule has 122 valence electrons. The van der Waals surface area contributed by atoms with Crippen LogP contribution < -0.4 is 5.32 Å². The van der Waals surface area contributed by atoms with Gasteiger partial charge in [-0.05, 0) is 48.1 Å². The number of methoxy groups -OCH3 is 1. The molecule has 1 aliphatic heterocycles. The molecule has 0 bridgehead atoms. The molecule has 0 unspecified atom stereocenters. The van der Waals surface area contributed by atoms with Gasteiger partial charge >= 0.3 is 5.97 Å². The summed E-state index contributed by atoms with van der Waals surface area (Å²) < 4.78 is 4.92. The number of aromatic nitrogens is 1. The first-order valence-electron chi connectivity index (χ1n) is 8.25. The van der Waals surface area contributed by atoms with E-state index in [-0.39, 0.29) is 12.0 Å². The number of allylic oxidation sites excluding steroid dienone is 2. The van der Waals surface area contributed by atoms with Crippen LogP contribution in [0.5, 0.6) is 0 Å². The molecule has 0 fully saturated rings. The van der Waals surface area contributed by atoms with Crippen molar-refractivity contribution >= 4 is 11.7 Å². The molecule has 0 radical (unpaired) electrons. The van der Waals surface area contributed by atoms with Crippen molar-refractivity contribution in [2.75, 3.05) is 12.4 Å². The van der Waals surface area contributed by atoms with Gasteiger partial charge in [-0.15, -0.1) is 0 Å². The molecular weight excluding hydrogens is 300 g/mol. The number of hydrogen-bond acceptors (Lipinski definition) is 4. The van der Waals surface area contributed by atoms with E-state index in [0.29, 0.717) is 17.4 Å². The minimum absolute atomic E-state index is 0.192. The van der Waals surface area contributed by atoms with Gasteiger partial charge in [-0.2, -0.15) is 0 Å². The van der Waals surface area contributed by atoms with Crippen LogP contribution in [0.15, 0.2) is 48.8 Å². The van der Waals surface area contributed by atoms with Gasteiger partial charge in [-0.25, -0.2) is 4.79 Å². The number of nitrogens with zero attached hydrogens (tertiary/aromatic N) is 1. The molecule has 0 saturated heterocycles. The van der Waals surface area contributed by atoms with Crippen LogP contribution in [0.2, 0.25) is 0 Å². The average molecular weight is 320 g/mol. The Morgan fingerprint density at radius 2 is 2.21 bits per heavy atom. The van der Waals surface area contributed by atoms with E-state index in [2.05, 4.69) is 34.6 Å². The minimum atomic E-state index is -0.292. The smallest absolute Gasteiger partial charge is 0.338 e. The number of anilines is 1. The summed E-state index contributed by atoms with van der Waals surface area (Å²) >= 11 is 0. The van der Waals surface area contributed by atoms with Crippen molar-refractivity contribution in [3.8, 4) is 0 Å². The maximum Gasteiger partial charge on any atom is 0.338 e. The molecule has 0 amide bonds. The molecule has 4 nitrogen and oxygen atoms in total. The molecule has 0 saturated carbocycles. The fourth-order valence-electron chi connectivity index (χ4n) is 4.04. The van der Waals surface area contributed by atoms with Crippen molar-refractivity contribution in [3.63, 3.8) is 0 Å². The zero-order chi connectivity index (χ0) is 16.7. The van der Waals surface area contributed by atoms with Gasteiger partial charge in [0, 0.05) is 24.0 Å². The van der Waals surface area contributed by atoms with E-state index in [1.165, 1.54) is 18.2 Å². The van der Waals surface area contributed by atoms with Crippen molar-refractivity contribution in [2.45, 2.75) is 25.3 Å². The van der Waals surface area contributed by atoms with Gasteiger partial charge in [0.05, 0.1) is 18.7 Å². The molecule has 4 rings (SSSR count). The van der Waals surface area contributed by atoms with Crippen LogP contribution in [0.4, 0.5) is 5.69 Å². The van der Waals surface area contributed by atoms with Crippen LogP contribution in [-0.4, -0.2) is 18.1 Å². The van der Waals surface area contributed by atoms with E-state index >= 15 is 0 Å². The van der Waals surface area contributed by atoms with Gasteiger partial charge in [-0.3, -0.25) is 4.98 Å². The molecule has 0 spiro atoms. The predicted molar refractivity (Wildman–Crippen MR) is 93.1 cm³/mol. The van der Waals surface area contributed by atoms with Crippen LogP contribution in [-0.2, 0) is 4.74 Å². The zero-order valence-electron chi connectivity index (χ0n) is 13.8. The first-order chi connectivity index (χ1) is 11.7. The second-order valence-electron chi connectivity index (χ2n) is 6.46. The zero-order valence-corrected chi connectivity index (χ0v) is 13.8. The fraction of sp³-hybridized carbons (Fsp3) is 0.300. The summed E-state index contributed by atoms with van der Waals surface area (Å²) in [6.07, 6.45) is 9.33. The molecule has 1 aromatic heterocycles. The highest BCUT2D eigenvalue weighted by Gasteiger charge is 2.39. The van der Waals surface area contributed by atoms with Crippen LogP contribution >= 0.6 is 0 Å². The second kappa shape index (κ2) is 5.78. The summed E-state index contributed by atoms with van der Waals surface area (Å²) in [6.45, 7) is 1.98. The number of benzene rings is 1. The lowest BCUT2D eigenvalue weighted by Crippen LogP contribution is -2.30. The summed E-state index contributed by atoms with van der Waals surface area (Å²) in [5.41, 5.74) is 5.07. The SMILES string of the molecule is COC(=O)c1ccc2c(c1C)N[C@H](c1cccnc1)[C@@H]1CC=C[C@@H]21. The molecular formula is C20H20N2O2. The first kappa shape index (κ1) is 14.9. The van der Waals surface area contributed by atoms with Gasteiger partial charge in [0.15, 0.2) is 0 Å². The molecule has 2 aromatic rings. The Morgan fingerprint density at radius 1 is 1.33 bits per heavy atom. The van der Waals surface area contributed by atoms with E-state index in [1.807, 2.05) is 25.3 Å².